The second kappa shape index (κ2) is 6.97. The number of carbonyl (C=O) groups excluding carboxylic acids is 1. The molecule has 0 aliphatic heterocycles. The van der Waals surface area contributed by atoms with Crippen LogP contribution in [0.3, 0.4) is 0 Å². The normalized spacial score (nSPS) is 29.9. The standard InChI is InChI=1S/C23H32O4/c1-14-18(24)13-19-22(2,3)8-7-9-23(19,4)20(14)21(25)15-10-16(26-5)12-17(11-15)27-6/h10-12,18-19,24H,7-9,13H2,1-6H3. The van der Waals surface area contributed by atoms with E-state index in [1.54, 1.807) is 32.4 Å². The Labute approximate surface area is 162 Å². The van der Waals surface area contributed by atoms with Crippen LogP contribution in [0.4, 0.5) is 0 Å². The monoisotopic (exact) mass is 372 g/mol. The minimum absolute atomic E-state index is 0.0198. The predicted octanol–water partition coefficient (Wildman–Crippen LogP) is 4.80. The molecule has 0 spiro atoms. The predicted molar refractivity (Wildman–Crippen MR) is 106 cm³/mol. The minimum atomic E-state index is -0.563. The summed E-state index contributed by atoms with van der Waals surface area (Å²) in [6.45, 7) is 8.69. The maximum absolute atomic E-state index is 13.7. The molecule has 3 atom stereocenters. The molecule has 0 heterocycles. The molecule has 148 valence electrons. The van der Waals surface area contributed by atoms with Crippen molar-refractivity contribution in [3.63, 3.8) is 0 Å². The number of methoxy groups -OCH3 is 2. The Kier molecular flexibility index (Phi) is 5.15. The van der Waals surface area contributed by atoms with Gasteiger partial charge in [0.15, 0.2) is 5.78 Å². The fourth-order valence-corrected chi connectivity index (χ4v) is 5.54. The number of ketones is 1. The number of aliphatic hydroxyl groups excluding tert-OH is 1. The van der Waals surface area contributed by atoms with Gasteiger partial charge in [-0.15, -0.1) is 0 Å². The van der Waals surface area contributed by atoms with Crippen molar-refractivity contribution in [2.24, 2.45) is 16.7 Å². The molecule has 1 aromatic carbocycles. The van der Waals surface area contributed by atoms with Gasteiger partial charge in [-0.05, 0) is 60.6 Å². The van der Waals surface area contributed by atoms with Crippen molar-refractivity contribution in [3.8, 4) is 11.5 Å². The van der Waals surface area contributed by atoms with Gasteiger partial charge in [-0.2, -0.15) is 0 Å². The van der Waals surface area contributed by atoms with E-state index in [1.807, 2.05) is 6.92 Å². The van der Waals surface area contributed by atoms with Crippen LogP contribution < -0.4 is 9.47 Å². The van der Waals surface area contributed by atoms with E-state index < -0.39 is 6.10 Å². The lowest BCUT2D eigenvalue weighted by molar-refractivity contribution is -0.0183. The van der Waals surface area contributed by atoms with Crippen LogP contribution in [-0.2, 0) is 0 Å². The molecule has 0 saturated heterocycles. The summed E-state index contributed by atoms with van der Waals surface area (Å²) in [4.78, 5) is 13.7. The summed E-state index contributed by atoms with van der Waals surface area (Å²) >= 11 is 0. The van der Waals surface area contributed by atoms with Crippen molar-refractivity contribution in [2.45, 2.75) is 59.5 Å². The molecule has 1 fully saturated rings. The van der Waals surface area contributed by atoms with Gasteiger partial charge in [0.2, 0.25) is 0 Å². The molecule has 3 rings (SSSR count). The maximum atomic E-state index is 13.7. The average Bonchev–Trinajstić information content (AvgIpc) is 2.63. The van der Waals surface area contributed by atoms with Gasteiger partial charge in [0, 0.05) is 17.2 Å². The third-order valence-electron chi connectivity index (χ3n) is 6.99. The van der Waals surface area contributed by atoms with Gasteiger partial charge in [-0.1, -0.05) is 27.2 Å². The van der Waals surface area contributed by atoms with Gasteiger partial charge in [0.1, 0.15) is 11.5 Å². The van der Waals surface area contributed by atoms with Crippen LogP contribution in [0.1, 0.15) is 63.7 Å². The molecule has 2 aliphatic carbocycles. The van der Waals surface area contributed by atoms with Crippen molar-refractivity contribution in [1.29, 1.82) is 0 Å². The molecule has 0 bridgehead atoms. The number of ether oxygens (including phenoxy) is 2. The molecule has 3 unspecified atom stereocenters. The van der Waals surface area contributed by atoms with Crippen LogP contribution in [-0.4, -0.2) is 31.2 Å². The van der Waals surface area contributed by atoms with Crippen molar-refractivity contribution in [3.05, 3.63) is 34.9 Å². The smallest absolute Gasteiger partial charge is 0.189 e. The molecule has 0 amide bonds. The van der Waals surface area contributed by atoms with Gasteiger partial charge in [0.25, 0.3) is 0 Å². The molecule has 4 nitrogen and oxygen atoms in total. The highest BCUT2D eigenvalue weighted by Crippen LogP contribution is 2.60. The number of hydrogen-bond donors (Lipinski definition) is 1. The average molecular weight is 373 g/mol. The van der Waals surface area contributed by atoms with E-state index in [4.69, 9.17) is 9.47 Å². The molecule has 0 aromatic heterocycles. The van der Waals surface area contributed by atoms with Crippen molar-refractivity contribution in [1.82, 2.24) is 0 Å². The van der Waals surface area contributed by atoms with Crippen LogP contribution in [0.15, 0.2) is 29.3 Å². The zero-order valence-electron chi connectivity index (χ0n) is 17.4. The summed E-state index contributed by atoms with van der Waals surface area (Å²) in [7, 11) is 3.16. The van der Waals surface area contributed by atoms with Gasteiger partial charge in [0.05, 0.1) is 20.3 Å². The Bertz CT molecular complexity index is 754. The highest BCUT2D eigenvalue weighted by Gasteiger charge is 2.53. The number of fused-ring (bicyclic) bond motifs is 1. The topological polar surface area (TPSA) is 55.8 Å². The Morgan fingerprint density at radius 1 is 1.07 bits per heavy atom. The summed E-state index contributed by atoms with van der Waals surface area (Å²) < 4.78 is 10.7. The number of benzene rings is 1. The molecule has 1 aromatic rings. The van der Waals surface area contributed by atoms with Crippen LogP contribution >= 0.6 is 0 Å². The number of allylic oxidation sites excluding steroid dienone is 1. The first-order valence-corrected chi connectivity index (χ1v) is 9.81. The molecule has 0 radical (unpaired) electrons. The Balaban J connectivity index is 2.13. The highest BCUT2D eigenvalue weighted by atomic mass is 16.5. The number of aliphatic hydroxyl groups is 1. The zero-order chi connectivity index (χ0) is 20.0. The molecular formula is C23H32O4. The number of Topliss-reactive ketones (excluding diaryl/α,β-unsaturated/α-hetero) is 1. The SMILES string of the molecule is COc1cc(OC)cc(C(=O)C2=C(C)C(O)CC3C(C)(C)CCCC23C)c1. The van der Waals surface area contributed by atoms with Crippen molar-refractivity contribution in [2.75, 3.05) is 14.2 Å². The first-order valence-electron chi connectivity index (χ1n) is 9.81. The lowest BCUT2D eigenvalue weighted by Crippen LogP contribution is -2.50. The van der Waals surface area contributed by atoms with E-state index >= 15 is 0 Å². The second-order valence-corrected chi connectivity index (χ2v) is 9.05. The Hall–Kier alpha value is -1.81. The molecule has 4 heteroatoms. The van der Waals surface area contributed by atoms with E-state index in [9.17, 15) is 9.90 Å². The largest absolute Gasteiger partial charge is 0.497 e. The Morgan fingerprint density at radius 2 is 1.67 bits per heavy atom. The molecular weight excluding hydrogens is 340 g/mol. The molecule has 1 saturated carbocycles. The number of rotatable bonds is 4. The fraction of sp³-hybridized carbons (Fsp3) is 0.609. The minimum Gasteiger partial charge on any atom is -0.497 e. The van der Waals surface area contributed by atoms with E-state index in [1.165, 1.54) is 0 Å². The highest BCUT2D eigenvalue weighted by molar-refractivity contribution is 6.10. The molecule has 27 heavy (non-hydrogen) atoms. The summed E-state index contributed by atoms with van der Waals surface area (Å²) in [5, 5.41) is 10.8. The third-order valence-corrected chi connectivity index (χ3v) is 6.99. The fourth-order valence-electron chi connectivity index (χ4n) is 5.54. The number of carbonyl (C=O) groups is 1. The molecule has 1 N–H and O–H groups in total. The first-order chi connectivity index (χ1) is 12.6. The van der Waals surface area contributed by atoms with Crippen molar-refractivity contribution >= 4 is 5.78 Å². The van der Waals surface area contributed by atoms with E-state index in [0.29, 0.717) is 17.1 Å². The van der Waals surface area contributed by atoms with E-state index in [0.717, 1.165) is 36.8 Å². The molecule has 2 aliphatic rings. The Morgan fingerprint density at radius 3 is 2.22 bits per heavy atom. The van der Waals surface area contributed by atoms with E-state index in [2.05, 4.69) is 20.8 Å². The lowest BCUT2D eigenvalue weighted by atomic mass is 9.49. The van der Waals surface area contributed by atoms with E-state index in [-0.39, 0.29) is 22.5 Å². The first kappa shape index (κ1) is 19.9. The number of hydrogen-bond acceptors (Lipinski definition) is 4. The van der Waals surface area contributed by atoms with Crippen LogP contribution in [0.2, 0.25) is 0 Å². The zero-order valence-corrected chi connectivity index (χ0v) is 17.4. The maximum Gasteiger partial charge on any atom is 0.189 e. The summed E-state index contributed by atoms with van der Waals surface area (Å²) in [5.74, 6) is 1.45. The summed E-state index contributed by atoms with van der Waals surface area (Å²) in [6.07, 6.45) is 3.38. The third kappa shape index (κ3) is 3.29. The van der Waals surface area contributed by atoms with Gasteiger partial charge < -0.3 is 14.6 Å². The van der Waals surface area contributed by atoms with Gasteiger partial charge in [-0.3, -0.25) is 4.79 Å². The second-order valence-electron chi connectivity index (χ2n) is 9.05. The summed E-state index contributed by atoms with van der Waals surface area (Å²) in [6, 6.07) is 5.29. The lowest BCUT2D eigenvalue weighted by Gasteiger charge is -2.55. The van der Waals surface area contributed by atoms with Crippen molar-refractivity contribution < 1.29 is 19.4 Å². The summed E-state index contributed by atoms with van der Waals surface area (Å²) in [5.41, 5.74) is 2.04. The van der Waals surface area contributed by atoms with Gasteiger partial charge in [-0.25, -0.2) is 0 Å². The quantitative estimate of drug-likeness (QED) is 0.771. The van der Waals surface area contributed by atoms with Crippen LogP contribution in [0.25, 0.3) is 0 Å². The van der Waals surface area contributed by atoms with Crippen LogP contribution in [0.5, 0.6) is 11.5 Å². The van der Waals surface area contributed by atoms with Crippen LogP contribution in [0, 0.1) is 16.7 Å². The van der Waals surface area contributed by atoms with Gasteiger partial charge >= 0.3 is 0 Å².